The molecule has 0 saturated carbocycles. The number of β-lactam (4-membered cyclic amide) rings is 1. The lowest BCUT2D eigenvalue weighted by atomic mass is 9.83. The number of carbonyl (C=O) groups excluding carboxylic acids is 1. The smallest absolute Gasteiger partial charge is 0.228 e. The van der Waals surface area contributed by atoms with Gasteiger partial charge in [0.05, 0.1) is 5.92 Å². The van der Waals surface area contributed by atoms with E-state index in [1.807, 2.05) is 42.2 Å². The summed E-state index contributed by atoms with van der Waals surface area (Å²) < 4.78 is 0. The fourth-order valence-corrected chi connectivity index (χ4v) is 2.59. The zero-order valence-electron chi connectivity index (χ0n) is 10.2. The monoisotopic (exact) mass is 233 g/mol. The molecule has 3 heteroatoms. The minimum absolute atomic E-state index is 0.117. The van der Waals surface area contributed by atoms with Crippen molar-refractivity contribution < 1.29 is 9.90 Å². The Morgan fingerprint density at radius 2 is 2.00 bits per heavy atom. The van der Waals surface area contributed by atoms with Gasteiger partial charge in [-0.3, -0.25) is 4.79 Å². The van der Waals surface area contributed by atoms with Crippen LogP contribution in [0, 0.1) is 5.92 Å². The number of hydrogen-bond acceptors (Lipinski definition) is 2. The van der Waals surface area contributed by atoms with Crippen LogP contribution >= 0.6 is 0 Å². The summed E-state index contributed by atoms with van der Waals surface area (Å²) in [6, 6.07) is 10.2. The van der Waals surface area contributed by atoms with Crippen LogP contribution < -0.4 is 0 Å². The van der Waals surface area contributed by atoms with Crippen LogP contribution in [-0.4, -0.2) is 28.6 Å². The van der Waals surface area contributed by atoms with Crippen LogP contribution in [0.15, 0.2) is 30.3 Å². The van der Waals surface area contributed by atoms with Gasteiger partial charge in [-0.25, -0.2) is 0 Å². The van der Waals surface area contributed by atoms with E-state index in [-0.39, 0.29) is 24.5 Å². The molecule has 1 amide bonds. The molecule has 92 valence electrons. The largest absolute Gasteiger partial charge is 0.396 e. The van der Waals surface area contributed by atoms with Gasteiger partial charge in [0.25, 0.3) is 0 Å². The van der Waals surface area contributed by atoms with Crippen molar-refractivity contribution in [2.24, 2.45) is 5.92 Å². The van der Waals surface area contributed by atoms with Gasteiger partial charge in [-0.15, -0.1) is 0 Å². The molecule has 17 heavy (non-hydrogen) atoms. The van der Waals surface area contributed by atoms with Crippen LogP contribution in [0.1, 0.15) is 25.3 Å². The van der Waals surface area contributed by atoms with Crippen LogP contribution in [0.3, 0.4) is 0 Å². The molecule has 1 heterocycles. The molecule has 1 aromatic carbocycles. The van der Waals surface area contributed by atoms with Gasteiger partial charge in [-0.05, 0) is 18.4 Å². The molecule has 3 nitrogen and oxygen atoms in total. The lowest BCUT2D eigenvalue weighted by Crippen LogP contribution is -2.60. The first kappa shape index (κ1) is 12.1. The highest BCUT2D eigenvalue weighted by molar-refractivity contribution is 5.85. The molecule has 1 fully saturated rings. The second-order valence-electron chi connectivity index (χ2n) is 4.55. The van der Waals surface area contributed by atoms with Crippen molar-refractivity contribution in [3.8, 4) is 0 Å². The van der Waals surface area contributed by atoms with E-state index in [1.165, 1.54) is 0 Å². The van der Waals surface area contributed by atoms with E-state index in [0.717, 1.165) is 12.0 Å². The number of aliphatic hydroxyl groups excluding tert-OH is 1. The first-order valence-corrected chi connectivity index (χ1v) is 6.23. The Hall–Kier alpha value is -1.35. The van der Waals surface area contributed by atoms with Gasteiger partial charge in [0.2, 0.25) is 5.91 Å². The Labute approximate surface area is 102 Å². The fourth-order valence-electron chi connectivity index (χ4n) is 2.59. The molecular formula is C14H19NO2. The summed E-state index contributed by atoms with van der Waals surface area (Å²) in [6.07, 6.45) is 1.56. The number of likely N-dealkylation sites (tertiary alicyclic amines) is 1. The third kappa shape index (κ3) is 2.34. The summed E-state index contributed by atoms with van der Waals surface area (Å²) in [5.41, 5.74) is 1.15. The van der Waals surface area contributed by atoms with Crippen molar-refractivity contribution in [1.82, 2.24) is 4.90 Å². The summed E-state index contributed by atoms with van der Waals surface area (Å²) in [6.45, 7) is 2.85. The van der Waals surface area contributed by atoms with Crippen LogP contribution in [0.4, 0.5) is 0 Å². The zero-order chi connectivity index (χ0) is 12.3. The molecule has 0 unspecified atom stereocenters. The number of aliphatic hydroxyl groups is 1. The van der Waals surface area contributed by atoms with Gasteiger partial charge in [0.15, 0.2) is 0 Å². The second-order valence-corrected chi connectivity index (χ2v) is 4.55. The summed E-state index contributed by atoms with van der Waals surface area (Å²) in [5, 5.41) is 9.05. The summed E-state index contributed by atoms with van der Waals surface area (Å²) in [4.78, 5) is 13.8. The summed E-state index contributed by atoms with van der Waals surface area (Å²) in [5.74, 6) is 0.348. The van der Waals surface area contributed by atoms with Gasteiger partial charge < -0.3 is 10.0 Å². The number of rotatable bonds is 5. The summed E-state index contributed by atoms with van der Waals surface area (Å²) >= 11 is 0. The molecule has 2 rings (SSSR count). The fraction of sp³-hybridized carbons (Fsp3) is 0.500. The molecule has 0 spiro atoms. The Kier molecular flexibility index (Phi) is 3.79. The van der Waals surface area contributed by atoms with Crippen LogP contribution in [0.5, 0.6) is 0 Å². The number of benzene rings is 1. The van der Waals surface area contributed by atoms with E-state index < -0.39 is 0 Å². The van der Waals surface area contributed by atoms with Crippen LogP contribution in [-0.2, 0) is 11.3 Å². The van der Waals surface area contributed by atoms with Crippen LogP contribution in [0.2, 0.25) is 0 Å². The second kappa shape index (κ2) is 5.32. The number of hydrogen-bond donors (Lipinski definition) is 1. The van der Waals surface area contributed by atoms with Gasteiger partial charge in [-0.2, -0.15) is 0 Å². The topological polar surface area (TPSA) is 40.5 Å². The standard InChI is InChI=1S/C14H19NO2/c1-2-12-13(8-9-16)15(14(12)17)10-11-6-4-3-5-7-11/h3-7,12-13,16H,2,8-10H2,1H3/t12-,13-/m1/s1. The maximum absolute atomic E-state index is 11.9. The highest BCUT2D eigenvalue weighted by Crippen LogP contribution is 2.32. The van der Waals surface area contributed by atoms with Gasteiger partial charge in [0.1, 0.15) is 0 Å². The van der Waals surface area contributed by atoms with Crippen LogP contribution in [0.25, 0.3) is 0 Å². The predicted molar refractivity (Wildman–Crippen MR) is 66.3 cm³/mol. The maximum Gasteiger partial charge on any atom is 0.228 e. The molecule has 2 atom stereocenters. The van der Waals surface area contributed by atoms with Crippen molar-refractivity contribution in [2.75, 3.05) is 6.61 Å². The SMILES string of the molecule is CC[C@H]1C(=O)N(Cc2ccccc2)[C@@H]1CCO. The van der Waals surface area contributed by atoms with Crippen molar-refractivity contribution in [2.45, 2.75) is 32.4 Å². The average molecular weight is 233 g/mol. The third-order valence-electron chi connectivity index (χ3n) is 3.53. The van der Waals surface area contributed by atoms with E-state index >= 15 is 0 Å². The molecule has 1 aromatic rings. The van der Waals surface area contributed by atoms with E-state index in [0.29, 0.717) is 13.0 Å². The number of carbonyl (C=O) groups is 1. The number of nitrogens with zero attached hydrogens (tertiary/aromatic N) is 1. The van der Waals surface area contributed by atoms with Gasteiger partial charge in [0, 0.05) is 19.2 Å². The molecule has 1 saturated heterocycles. The van der Waals surface area contributed by atoms with Crippen molar-refractivity contribution in [1.29, 1.82) is 0 Å². The van der Waals surface area contributed by atoms with Crippen molar-refractivity contribution >= 4 is 5.91 Å². The molecule has 0 bridgehead atoms. The Balaban J connectivity index is 2.03. The Bertz CT molecular complexity index is 377. The minimum atomic E-state index is 0.117. The highest BCUT2D eigenvalue weighted by atomic mass is 16.3. The van der Waals surface area contributed by atoms with Crippen molar-refractivity contribution in [3.63, 3.8) is 0 Å². The lowest BCUT2D eigenvalue weighted by molar-refractivity contribution is -0.158. The molecular weight excluding hydrogens is 214 g/mol. The predicted octanol–water partition coefficient (Wildman–Crippen LogP) is 1.81. The minimum Gasteiger partial charge on any atom is -0.396 e. The Morgan fingerprint density at radius 1 is 1.29 bits per heavy atom. The molecule has 1 aliphatic heterocycles. The first-order chi connectivity index (χ1) is 8.27. The van der Waals surface area contributed by atoms with Gasteiger partial charge in [-0.1, -0.05) is 37.3 Å². The lowest BCUT2D eigenvalue weighted by Gasteiger charge is -2.47. The van der Waals surface area contributed by atoms with Gasteiger partial charge >= 0.3 is 0 Å². The summed E-state index contributed by atoms with van der Waals surface area (Å²) in [7, 11) is 0. The average Bonchev–Trinajstić information content (AvgIpc) is 2.37. The van der Waals surface area contributed by atoms with E-state index in [1.54, 1.807) is 0 Å². The molecule has 0 aliphatic carbocycles. The molecule has 1 N–H and O–H groups in total. The highest BCUT2D eigenvalue weighted by Gasteiger charge is 2.44. The van der Waals surface area contributed by atoms with E-state index in [4.69, 9.17) is 5.11 Å². The molecule has 0 aromatic heterocycles. The zero-order valence-corrected chi connectivity index (χ0v) is 10.2. The third-order valence-corrected chi connectivity index (χ3v) is 3.53. The van der Waals surface area contributed by atoms with Crippen molar-refractivity contribution in [3.05, 3.63) is 35.9 Å². The maximum atomic E-state index is 11.9. The quantitative estimate of drug-likeness (QED) is 0.788. The van der Waals surface area contributed by atoms with E-state index in [9.17, 15) is 4.79 Å². The number of amides is 1. The molecule has 1 aliphatic rings. The Morgan fingerprint density at radius 3 is 2.59 bits per heavy atom. The first-order valence-electron chi connectivity index (χ1n) is 6.23. The van der Waals surface area contributed by atoms with E-state index in [2.05, 4.69) is 0 Å². The molecule has 0 radical (unpaired) electrons. The normalized spacial score (nSPS) is 23.6.